The summed E-state index contributed by atoms with van der Waals surface area (Å²) in [5, 5.41) is 9.26. The highest BCUT2D eigenvalue weighted by molar-refractivity contribution is 5.10. The Morgan fingerprint density at radius 3 is 2.43 bits per heavy atom. The summed E-state index contributed by atoms with van der Waals surface area (Å²) >= 11 is 0. The number of rotatable bonds is 0. The van der Waals surface area contributed by atoms with Crippen molar-refractivity contribution in [3.8, 4) is 0 Å². The first-order valence-corrected chi connectivity index (χ1v) is 1.59. The maximum Gasteiger partial charge on any atom is 0.106 e. The van der Waals surface area contributed by atoms with E-state index in [1.165, 1.54) is 0 Å². The zero-order chi connectivity index (χ0) is 5.54. The normalized spacial score (nSPS) is 6.29. The van der Waals surface area contributed by atoms with Crippen molar-refractivity contribution in [2.24, 2.45) is 0 Å². The highest BCUT2D eigenvalue weighted by atomic mass is 16.1. The van der Waals surface area contributed by atoms with E-state index in [0.29, 0.717) is 0 Å². The Labute approximate surface area is 40.5 Å². The third-order valence-electron chi connectivity index (χ3n) is 0.331. The number of carbonyl (C=O) groups excluding carboxylic acids is 1. The van der Waals surface area contributed by atoms with Gasteiger partial charge in [0.15, 0.2) is 0 Å². The molecule has 0 aliphatic heterocycles. The summed E-state index contributed by atoms with van der Waals surface area (Å²) in [6, 6.07) is 0. The third kappa shape index (κ3) is 2.62. The molecular formula is C3H5N3O. The van der Waals surface area contributed by atoms with Crippen LogP contribution in [-0.2, 0) is 4.79 Å². The number of carbonyl (C=O) groups is 1. The van der Waals surface area contributed by atoms with E-state index < -0.39 is 0 Å². The number of nitrogens with zero attached hydrogens (tertiary/aromatic N) is 2. The topological polar surface area (TPSA) is 58.6 Å². The number of hydrogen-bond donors (Lipinski definition) is 1. The van der Waals surface area contributed by atoms with Gasteiger partial charge in [0.25, 0.3) is 0 Å². The average molecular weight is 99.1 g/mol. The molecule has 4 heteroatoms. The number of aromatic amines is 1. The van der Waals surface area contributed by atoms with E-state index in [9.17, 15) is 0 Å². The van der Waals surface area contributed by atoms with Crippen LogP contribution in [0.1, 0.15) is 0 Å². The van der Waals surface area contributed by atoms with E-state index in [4.69, 9.17) is 4.79 Å². The predicted octanol–water partition coefficient (Wildman–Crippen LogP) is -0.380. The molecule has 0 radical (unpaired) electrons. The van der Waals surface area contributed by atoms with Crippen LogP contribution in [0.4, 0.5) is 0 Å². The Bertz CT molecular complexity index is 77.1. The molecule has 0 aliphatic rings. The SMILES string of the molecule is C=O.c1c[nH]nn1. The number of aromatic nitrogens is 3. The van der Waals surface area contributed by atoms with Gasteiger partial charge in [-0.25, -0.2) is 0 Å². The van der Waals surface area contributed by atoms with Crippen molar-refractivity contribution in [3.63, 3.8) is 0 Å². The van der Waals surface area contributed by atoms with Gasteiger partial charge in [-0.15, -0.1) is 5.10 Å². The van der Waals surface area contributed by atoms with Crippen molar-refractivity contribution < 1.29 is 4.79 Å². The molecule has 0 saturated heterocycles. The second-order valence-electron chi connectivity index (χ2n) is 0.660. The molecule has 0 amide bonds. The largest absolute Gasteiger partial charge is 0.307 e. The van der Waals surface area contributed by atoms with Crippen LogP contribution < -0.4 is 0 Å². The maximum atomic E-state index is 8.00. The zero-order valence-corrected chi connectivity index (χ0v) is 3.66. The molecule has 1 heterocycles. The van der Waals surface area contributed by atoms with Gasteiger partial charge in [0.05, 0.1) is 6.20 Å². The summed E-state index contributed by atoms with van der Waals surface area (Å²) in [5.74, 6) is 0. The van der Waals surface area contributed by atoms with Gasteiger partial charge in [-0.2, -0.15) is 0 Å². The van der Waals surface area contributed by atoms with Crippen molar-refractivity contribution >= 4 is 6.79 Å². The van der Waals surface area contributed by atoms with Gasteiger partial charge >= 0.3 is 0 Å². The Hall–Kier alpha value is -1.19. The Morgan fingerprint density at radius 1 is 1.57 bits per heavy atom. The molecule has 0 spiro atoms. The third-order valence-corrected chi connectivity index (χ3v) is 0.331. The molecular weight excluding hydrogens is 94.1 g/mol. The van der Waals surface area contributed by atoms with Crippen LogP contribution in [0.25, 0.3) is 0 Å². The fraction of sp³-hybridized carbons (Fsp3) is 0. The lowest BCUT2D eigenvalue weighted by Crippen LogP contribution is -1.61. The molecule has 1 N–H and O–H groups in total. The standard InChI is InChI=1S/C2H3N3.CH2O/c1-2-4-5-3-1;1-2/h1-2H,(H,3,4,5);1H2. The van der Waals surface area contributed by atoms with Gasteiger partial charge in [-0.05, 0) is 0 Å². The van der Waals surface area contributed by atoms with Crippen molar-refractivity contribution in [1.82, 2.24) is 15.4 Å². The first-order valence-electron chi connectivity index (χ1n) is 1.59. The van der Waals surface area contributed by atoms with E-state index in [0.717, 1.165) is 0 Å². The summed E-state index contributed by atoms with van der Waals surface area (Å²) in [5.41, 5.74) is 0. The van der Waals surface area contributed by atoms with Gasteiger partial charge in [0.2, 0.25) is 0 Å². The Balaban J connectivity index is 0.000000162. The van der Waals surface area contributed by atoms with Crippen LogP contribution in [0.5, 0.6) is 0 Å². The lowest BCUT2D eigenvalue weighted by atomic mass is 11.0. The van der Waals surface area contributed by atoms with Crippen molar-refractivity contribution in [3.05, 3.63) is 12.4 Å². The molecule has 1 rings (SSSR count). The van der Waals surface area contributed by atoms with Gasteiger partial charge in [-0.1, -0.05) is 5.21 Å². The minimum Gasteiger partial charge on any atom is -0.307 e. The van der Waals surface area contributed by atoms with Crippen LogP contribution in [0, 0.1) is 0 Å². The first-order chi connectivity index (χ1) is 3.50. The quantitative estimate of drug-likeness (QED) is 0.482. The van der Waals surface area contributed by atoms with E-state index >= 15 is 0 Å². The van der Waals surface area contributed by atoms with Gasteiger partial charge in [-0.3, -0.25) is 5.10 Å². The molecule has 0 saturated carbocycles. The molecule has 0 aromatic carbocycles. The van der Waals surface area contributed by atoms with Crippen LogP contribution >= 0.6 is 0 Å². The summed E-state index contributed by atoms with van der Waals surface area (Å²) < 4.78 is 0. The minimum absolute atomic E-state index is 1.58. The molecule has 0 bridgehead atoms. The lowest BCUT2D eigenvalue weighted by molar-refractivity contribution is -0.0979. The molecule has 0 fully saturated rings. The maximum absolute atomic E-state index is 8.00. The fourth-order valence-electron chi connectivity index (χ4n) is 0.167. The van der Waals surface area contributed by atoms with Gasteiger partial charge in [0.1, 0.15) is 6.79 Å². The molecule has 0 atom stereocenters. The molecule has 0 unspecified atom stereocenters. The molecule has 0 aliphatic carbocycles. The van der Waals surface area contributed by atoms with Crippen LogP contribution in [0.3, 0.4) is 0 Å². The monoisotopic (exact) mass is 99.0 g/mol. The summed E-state index contributed by atoms with van der Waals surface area (Å²) in [6.07, 6.45) is 3.24. The highest BCUT2D eigenvalue weighted by Gasteiger charge is 1.57. The molecule has 1 aromatic rings. The fourth-order valence-corrected chi connectivity index (χ4v) is 0.167. The van der Waals surface area contributed by atoms with Crippen LogP contribution in [0.2, 0.25) is 0 Å². The number of hydrogen-bond acceptors (Lipinski definition) is 3. The van der Waals surface area contributed by atoms with Crippen molar-refractivity contribution in [2.75, 3.05) is 0 Å². The number of nitrogens with one attached hydrogen (secondary N) is 1. The smallest absolute Gasteiger partial charge is 0.106 e. The van der Waals surface area contributed by atoms with E-state index in [-0.39, 0.29) is 0 Å². The summed E-state index contributed by atoms with van der Waals surface area (Å²) in [6.45, 7) is 2.00. The second-order valence-corrected chi connectivity index (χ2v) is 0.660. The van der Waals surface area contributed by atoms with Crippen molar-refractivity contribution in [1.29, 1.82) is 0 Å². The van der Waals surface area contributed by atoms with Crippen LogP contribution in [0.15, 0.2) is 12.4 Å². The minimum atomic E-state index is 1.58. The lowest BCUT2D eigenvalue weighted by Gasteiger charge is -1.46. The highest BCUT2D eigenvalue weighted by Crippen LogP contribution is 1.55. The second kappa shape index (κ2) is 4.81. The van der Waals surface area contributed by atoms with E-state index in [1.54, 1.807) is 12.4 Å². The summed E-state index contributed by atoms with van der Waals surface area (Å²) in [4.78, 5) is 8.00. The van der Waals surface area contributed by atoms with Crippen molar-refractivity contribution in [2.45, 2.75) is 0 Å². The molecule has 38 valence electrons. The zero-order valence-electron chi connectivity index (χ0n) is 3.66. The van der Waals surface area contributed by atoms with E-state index in [2.05, 4.69) is 15.4 Å². The predicted molar refractivity (Wildman–Crippen MR) is 23.5 cm³/mol. The average Bonchev–Trinajstić information content (AvgIpc) is 2.23. The first kappa shape index (κ1) is 5.81. The molecule has 7 heavy (non-hydrogen) atoms. The van der Waals surface area contributed by atoms with Crippen LogP contribution in [-0.4, -0.2) is 22.2 Å². The number of H-pyrrole nitrogens is 1. The van der Waals surface area contributed by atoms with E-state index in [1.807, 2.05) is 6.79 Å². The Kier molecular flexibility index (Phi) is 3.99. The molecule has 1 aromatic heterocycles. The summed E-state index contributed by atoms with van der Waals surface area (Å²) in [7, 11) is 0. The molecule has 4 nitrogen and oxygen atoms in total. The Morgan fingerprint density at radius 2 is 2.29 bits per heavy atom. The van der Waals surface area contributed by atoms with Gasteiger partial charge < -0.3 is 4.79 Å². The van der Waals surface area contributed by atoms with Gasteiger partial charge in [0, 0.05) is 6.20 Å².